The zero-order valence-corrected chi connectivity index (χ0v) is 15.6. The maximum Gasteiger partial charge on any atom is 0.231 e. The maximum absolute atomic E-state index is 13.1. The van der Waals surface area contributed by atoms with Gasteiger partial charge in [-0.3, -0.25) is 9.59 Å². The van der Waals surface area contributed by atoms with Crippen molar-refractivity contribution in [3.8, 4) is 0 Å². The molecule has 4 nitrogen and oxygen atoms in total. The summed E-state index contributed by atoms with van der Waals surface area (Å²) in [6, 6.07) is 10.6. The number of rotatable bonds is 5. The van der Waals surface area contributed by atoms with E-state index in [1.807, 2.05) is 11.0 Å². The average molecular weight is 354 g/mol. The molecule has 1 aliphatic heterocycles. The van der Waals surface area contributed by atoms with E-state index >= 15 is 0 Å². The Morgan fingerprint density at radius 2 is 1.73 bits per heavy atom. The van der Waals surface area contributed by atoms with Crippen molar-refractivity contribution < 1.29 is 9.59 Å². The van der Waals surface area contributed by atoms with Gasteiger partial charge in [0, 0.05) is 19.0 Å². The van der Waals surface area contributed by atoms with Crippen LogP contribution in [0.1, 0.15) is 69.4 Å². The Morgan fingerprint density at radius 3 is 2.42 bits per heavy atom. The molecule has 2 saturated carbocycles. The van der Waals surface area contributed by atoms with Gasteiger partial charge in [0.25, 0.3) is 0 Å². The van der Waals surface area contributed by atoms with Gasteiger partial charge >= 0.3 is 0 Å². The van der Waals surface area contributed by atoms with E-state index in [0.717, 1.165) is 38.5 Å². The SMILES string of the molecule is O=C(NCCN1C(=O)C2(CCCCC2)C1c1ccccc1)C1CCCC1. The summed E-state index contributed by atoms with van der Waals surface area (Å²) in [5, 5.41) is 3.07. The molecular formula is C22H30N2O2. The lowest BCUT2D eigenvalue weighted by molar-refractivity contribution is -0.178. The van der Waals surface area contributed by atoms with E-state index in [1.54, 1.807) is 0 Å². The Morgan fingerprint density at radius 1 is 1.04 bits per heavy atom. The van der Waals surface area contributed by atoms with Crippen molar-refractivity contribution in [2.24, 2.45) is 11.3 Å². The number of benzene rings is 1. The molecule has 1 aromatic carbocycles. The van der Waals surface area contributed by atoms with Crippen LogP contribution in [0.5, 0.6) is 0 Å². The largest absolute Gasteiger partial charge is 0.354 e. The molecular weight excluding hydrogens is 324 g/mol. The molecule has 1 spiro atoms. The highest BCUT2D eigenvalue weighted by Crippen LogP contribution is 2.57. The van der Waals surface area contributed by atoms with Gasteiger partial charge in [0.1, 0.15) is 0 Å². The van der Waals surface area contributed by atoms with Crippen LogP contribution in [0.15, 0.2) is 30.3 Å². The molecule has 26 heavy (non-hydrogen) atoms. The van der Waals surface area contributed by atoms with Gasteiger partial charge in [-0.15, -0.1) is 0 Å². The van der Waals surface area contributed by atoms with E-state index in [9.17, 15) is 9.59 Å². The monoisotopic (exact) mass is 354 g/mol. The zero-order chi connectivity index (χ0) is 18.0. The second-order valence-corrected chi connectivity index (χ2v) is 8.30. The fourth-order valence-corrected chi connectivity index (χ4v) is 5.42. The summed E-state index contributed by atoms with van der Waals surface area (Å²) < 4.78 is 0. The lowest BCUT2D eigenvalue weighted by atomic mass is 9.60. The van der Waals surface area contributed by atoms with Crippen LogP contribution in [0.4, 0.5) is 0 Å². The Kier molecular flexibility index (Phi) is 5.01. The molecule has 3 fully saturated rings. The first-order valence-corrected chi connectivity index (χ1v) is 10.4. The molecule has 0 aromatic heterocycles. The third-order valence-electron chi connectivity index (χ3n) is 6.76. The number of carbonyl (C=O) groups is 2. The highest BCUT2D eigenvalue weighted by Gasteiger charge is 2.60. The number of hydrogen-bond acceptors (Lipinski definition) is 2. The van der Waals surface area contributed by atoms with Crippen LogP contribution in [-0.2, 0) is 9.59 Å². The van der Waals surface area contributed by atoms with Crippen LogP contribution in [0.3, 0.4) is 0 Å². The minimum absolute atomic E-state index is 0.180. The standard InChI is InChI=1S/C22H30N2O2/c25-20(18-11-5-6-12-18)23-15-16-24-19(17-9-3-1-4-10-17)22(21(24)26)13-7-2-8-14-22/h1,3-4,9-10,18-19H,2,5-8,11-16H2,(H,23,25). The summed E-state index contributed by atoms with van der Waals surface area (Å²) in [6.07, 6.45) is 9.94. The first kappa shape index (κ1) is 17.6. The van der Waals surface area contributed by atoms with Gasteiger partial charge in [0.05, 0.1) is 11.5 Å². The van der Waals surface area contributed by atoms with Crippen molar-refractivity contribution in [3.63, 3.8) is 0 Å². The van der Waals surface area contributed by atoms with Crippen molar-refractivity contribution in [2.45, 2.75) is 63.8 Å². The van der Waals surface area contributed by atoms with Crippen molar-refractivity contribution >= 4 is 11.8 Å². The minimum atomic E-state index is -0.185. The number of hydrogen-bond donors (Lipinski definition) is 1. The average Bonchev–Trinajstić information content (AvgIpc) is 3.23. The summed E-state index contributed by atoms with van der Waals surface area (Å²) in [7, 11) is 0. The van der Waals surface area contributed by atoms with E-state index in [4.69, 9.17) is 0 Å². The third kappa shape index (κ3) is 3.04. The second kappa shape index (κ2) is 7.42. The van der Waals surface area contributed by atoms with Crippen molar-refractivity contribution in [1.82, 2.24) is 10.2 Å². The van der Waals surface area contributed by atoms with Crippen LogP contribution < -0.4 is 5.32 Å². The predicted molar refractivity (Wildman–Crippen MR) is 101 cm³/mol. The first-order valence-electron chi connectivity index (χ1n) is 10.4. The first-order chi connectivity index (χ1) is 12.7. The number of nitrogens with zero attached hydrogens (tertiary/aromatic N) is 1. The summed E-state index contributed by atoms with van der Waals surface area (Å²) in [4.78, 5) is 27.3. The molecule has 4 heteroatoms. The van der Waals surface area contributed by atoms with E-state index in [2.05, 4.69) is 29.6 Å². The van der Waals surface area contributed by atoms with Crippen LogP contribution in [-0.4, -0.2) is 29.8 Å². The number of carbonyl (C=O) groups excluding carboxylic acids is 2. The van der Waals surface area contributed by atoms with Gasteiger partial charge in [-0.2, -0.15) is 0 Å². The summed E-state index contributed by atoms with van der Waals surface area (Å²) >= 11 is 0. The maximum atomic E-state index is 13.1. The topological polar surface area (TPSA) is 49.4 Å². The molecule has 1 saturated heterocycles. The van der Waals surface area contributed by atoms with E-state index in [-0.39, 0.29) is 23.3 Å². The molecule has 3 aliphatic rings. The molecule has 1 atom stereocenters. The lowest BCUT2D eigenvalue weighted by Crippen LogP contribution is -2.65. The molecule has 2 amide bonds. The Bertz CT molecular complexity index is 645. The normalized spacial score (nSPS) is 25.3. The lowest BCUT2D eigenvalue weighted by Gasteiger charge is -2.58. The van der Waals surface area contributed by atoms with E-state index in [1.165, 1.54) is 24.8 Å². The van der Waals surface area contributed by atoms with E-state index in [0.29, 0.717) is 19.0 Å². The summed E-state index contributed by atoms with van der Waals surface area (Å²) in [5.74, 6) is 0.678. The minimum Gasteiger partial charge on any atom is -0.354 e. The number of likely N-dealkylation sites (tertiary alicyclic amines) is 1. The van der Waals surface area contributed by atoms with E-state index < -0.39 is 0 Å². The van der Waals surface area contributed by atoms with Crippen molar-refractivity contribution in [3.05, 3.63) is 35.9 Å². The summed E-state index contributed by atoms with van der Waals surface area (Å²) in [5.41, 5.74) is 1.06. The fourth-order valence-electron chi connectivity index (χ4n) is 5.42. The van der Waals surface area contributed by atoms with Gasteiger partial charge in [-0.1, -0.05) is 62.4 Å². The fraction of sp³-hybridized carbons (Fsp3) is 0.636. The summed E-state index contributed by atoms with van der Waals surface area (Å²) in [6.45, 7) is 1.19. The zero-order valence-electron chi connectivity index (χ0n) is 15.6. The second-order valence-electron chi connectivity index (χ2n) is 8.30. The molecule has 1 N–H and O–H groups in total. The van der Waals surface area contributed by atoms with Gasteiger partial charge < -0.3 is 10.2 Å². The van der Waals surface area contributed by atoms with Crippen LogP contribution in [0.25, 0.3) is 0 Å². The van der Waals surface area contributed by atoms with Gasteiger partial charge in [-0.25, -0.2) is 0 Å². The molecule has 0 bridgehead atoms. The van der Waals surface area contributed by atoms with Crippen molar-refractivity contribution in [2.75, 3.05) is 13.1 Å². The Hall–Kier alpha value is -1.84. The Labute approximate surface area is 156 Å². The third-order valence-corrected chi connectivity index (χ3v) is 6.76. The van der Waals surface area contributed by atoms with Crippen LogP contribution in [0.2, 0.25) is 0 Å². The molecule has 1 unspecified atom stereocenters. The van der Waals surface area contributed by atoms with Gasteiger partial charge in [0.15, 0.2) is 0 Å². The highest BCUT2D eigenvalue weighted by molar-refractivity contribution is 5.91. The molecule has 0 radical (unpaired) electrons. The smallest absolute Gasteiger partial charge is 0.231 e. The predicted octanol–water partition coefficient (Wildman–Crippen LogP) is 3.83. The van der Waals surface area contributed by atoms with Crippen LogP contribution in [0, 0.1) is 11.3 Å². The molecule has 2 aliphatic carbocycles. The number of nitrogens with one attached hydrogen (secondary N) is 1. The highest BCUT2D eigenvalue weighted by atomic mass is 16.2. The molecule has 140 valence electrons. The molecule has 1 aromatic rings. The number of amides is 2. The van der Waals surface area contributed by atoms with Gasteiger partial charge in [0.2, 0.25) is 11.8 Å². The quantitative estimate of drug-likeness (QED) is 0.817. The number of β-lactam (4-membered cyclic amide) rings is 1. The molecule has 1 heterocycles. The van der Waals surface area contributed by atoms with Crippen LogP contribution >= 0.6 is 0 Å². The van der Waals surface area contributed by atoms with Gasteiger partial charge in [-0.05, 0) is 31.2 Å². The van der Waals surface area contributed by atoms with Crippen molar-refractivity contribution in [1.29, 1.82) is 0 Å². The molecule has 4 rings (SSSR count). The Balaban J connectivity index is 1.42.